The van der Waals surface area contributed by atoms with Crippen LogP contribution in [-0.2, 0) is 0 Å². The highest BCUT2D eigenvalue weighted by molar-refractivity contribution is 7.47. The molecule has 0 aliphatic rings. The number of benzene rings is 3. The zero-order chi connectivity index (χ0) is 15.4. The predicted octanol–water partition coefficient (Wildman–Crippen LogP) is 4.19. The highest BCUT2D eigenvalue weighted by atomic mass is 31.1. The molecule has 1 atom stereocenters. The summed E-state index contributed by atoms with van der Waals surface area (Å²) in [4.78, 5) is 0. The second-order valence-corrected chi connectivity index (χ2v) is 6.57. The molecule has 2 nitrogen and oxygen atoms in total. The third-order valence-electron chi connectivity index (χ3n) is 3.54. The fourth-order valence-electron chi connectivity index (χ4n) is 2.39. The summed E-state index contributed by atoms with van der Waals surface area (Å²) in [5.74, 6) is 0.549. The van der Waals surface area contributed by atoms with Crippen molar-refractivity contribution in [2.24, 2.45) is 0 Å². The lowest BCUT2D eigenvalue weighted by molar-refractivity contribution is 0.475. The van der Waals surface area contributed by atoms with Gasteiger partial charge in [-0.05, 0) is 40.7 Å². The third-order valence-corrected chi connectivity index (χ3v) is 5.16. The maximum absolute atomic E-state index is 9.50. The Morgan fingerprint density at radius 2 is 1.05 bits per heavy atom. The lowest BCUT2D eigenvalue weighted by Gasteiger charge is -2.18. The molecular formula is C19H17O2P. The standard InChI is InChI=1S/C19H17O2P/c20-16-10-6-14(7-11-16)19(15-8-12-17(21)13-9-15)22-18-4-2-1-3-5-18/h1-13,19-22H. The number of rotatable bonds is 4. The monoisotopic (exact) mass is 308 g/mol. The van der Waals surface area contributed by atoms with Crippen LogP contribution in [0.2, 0.25) is 0 Å². The molecule has 0 radical (unpaired) electrons. The van der Waals surface area contributed by atoms with E-state index in [9.17, 15) is 10.2 Å². The second kappa shape index (κ2) is 6.64. The minimum atomic E-state index is 0.212. The van der Waals surface area contributed by atoms with E-state index in [0.29, 0.717) is 8.58 Å². The molecule has 2 N–H and O–H groups in total. The SMILES string of the molecule is Oc1ccc(C(Pc2ccccc2)c2ccc(O)cc2)cc1. The lowest BCUT2D eigenvalue weighted by atomic mass is 10.0. The van der Waals surface area contributed by atoms with Gasteiger partial charge in [0.2, 0.25) is 0 Å². The van der Waals surface area contributed by atoms with Gasteiger partial charge >= 0.3 is 0 Å². The van der Waals surface area contributed by atoms with Crippen molar-refractivity contribution in [2.45, 2.75) is 5.66 Å². The van der Waals surface area contributed by atoms with Crippen LogP contribution in [0.15, 0.2) is 78.9 Å². The van der Waals surface area contributed by atoms with E-state index in [4.69, 9.17) is 0 Å². The average molecular weight is 308 g/mol. The van der Waals surface area contributed by atoms with Crippen LogP contribution in [0.3, 0.4) is 0 Å². The van der Waals surface area contributed by atoms with E-state index < -0.39 is 0 Å². The molecule has 110 valence electrons. The maximum atomic E-state index is 9.50. The molecule has 0 saturated heterocycles. The fraction of sp³-hybridized carbons (Fsp3) is 0.0526. The first-order valence-electron chi connectivity index (χ1n) is 7.12. The van der Waals surface area contributed by atoms with E-state index in [1.165, 1.54) is 5.30 Å². The van der Waals surface area contributed by atoms with Crippen molar-refractivity contribution < 1.29 is 10.2 Å². The van der Waals surface area contributed by atoms with Crippen LogP contribution >= 0.6 is 8.58 Å². The smallest absolute Gasteiger partial charge is 0.115 e. The Bertz CT molecular complexity index is 676. The van der Waals surface area contributed by atoms with Crippen molar-refractivity contribution in [2.75, 3.05) is 0 Å². The Kier molecular flexibility index (Phi) is 4.41. The average Bonchev–Trinajstić information content (AvgIpc) is 2.56. The zero-order valence-corrected chi connectivity index (χ0v) is 13.0. The fourth-order valence-corrected chi connectivity index (χ4v) is 3.83. The molecule has 3 aromatic carbocycles. The van der Waals surface area contributed by atoms with E-state index >= 15 is 0 Å². The first-order valence-corrected chi connectivity index (χ1v) is 8.19. The summed E-state index contributed by atoms with van der Waals surface area (Å²) < 4.78 is 0. The van der Waals surface area contributed by atoms with Crippen molar-refractivity contribution in [3.8, 4) is 11.5 Å². The predicted molar refractivity (Wildman–Crippen MR) is 92.4 cm³/mol. The van der Waals surface area contributed by atoms with Gasteiger partial charge in [0.1, 0.15) is 11.5 Å². The second-order valence-electron chi connectivity index (χ2n) is 5.13. The topological polar surface area (TPSA) is 40.5 Å². The highest BCUT2D eigenvalue weighted by Gasteiger charge is 2.15. The Morgan fingerprint density at radius 3 is 1.50 bits per heavy atom. The zero-order valence-electron chi connectivity index (χ0n) is 12.0. The van der Waals surface area contributed by atoms with E-state index in [-0.39, 0.29) is 17.2 Å². The number of aromatic hydroxyl groups is 2. The molecule has 1 unspecified atom stereocenters. The van der Waals surface area contributed by atoms with E-state index in [0.717, 1.165) is 11.1 Å². The van der Waals surface area contributed by atoms with Gasteiger partial charge in [-0.1, -0.05) is 63.2 Å². The van der Waals surface area contributed by atoms with Crippen molar-refractivity contribution >= 4 is 13.9 Å². The van der Waals surface area contributed by atoms with E-state index in [1.807, 2.05) is 42.5 Å². The summed E-state index contributed by atoms with van der Waals surface area (Å²) in [7, 11) is 0.581. The van der Waals surface area contributed by atoms with Crippen molar-refractivity contribution in [3.63, 3.8) is 0 Å². The number of hydrogen-bond acceptors (Lipinski definition) is 2. The van der Waals surface area contributed by atoms with Crippen molar-refractivity contribution in [1.82, 2.24) is 0 Å². The molecule has 3 rings (SSSR count). The quantitative estimate of drug-likeness (QED) is 0.709. The summed E-state index contributed by atoms with van der Waals surface area (Å²) in [5, 5.41) is 20.3. The first-order chi connectivity index (χ1) is 10.7. The van der Waals surface area contributed by atoms with Crippen molar-refractivity contribution in [1.29, 1.82) is 0 Å². The van der Waals surface area contributed by atoms with E-state index in [1.54, 1.807) is 24.3 Å². The minimum absolute atomic E-state index is 0.212. The molecular weight excluding hydrogens is 291 g/mol. The number of hydrogen-bond donors (Lipinski definition) is 2. The number of phenolic OH excluding ortho intramolecular Hbond substituents is 2. The molecule has 0 aliphatic carbocycles. The van der Waals surface area contributed by atoms with E-state index in [2.05, 4.69) is 12.1 Å². The molecule has 0 amide bonds. The van der Waals surface area contributed by atoms with Gasteiger partial charge in [-0.3, -0.25) is 0 Å². The van der Waals surface area contributed by atoms with Crippen LogP contribution in [-0.4, -0.2) is 10.2 Å². The lowest BCUT2D eigenvalue weighted by Crippen LogP contribution is -2.01. The Morgan fingerprint density at radius 1 is 0.591 bits per heavy atom. The van der Waals surface area contributed by atoms with Gasteiger partial charge in [0.25, 0.3) is 0 Å². The molecule has 3 heteroatoms. The van der Waals surface area contributed by atoms with Crippen LogP contribution in [0, 0.1) is 0 Å². The van der Waals surface area contributed by atoms with Crippen LogP contribution in [0.25, 0.3) is 0 Å². The summed E-state index contributed by atoms with van der Waals surface area (Å²) in [6, 6.07) is 25.1. The summed E-state index contributed by atoms with van der Waals surface area (Å²) >= 11 is 0. The van der Waals surface area contributed by atoms with Crippen LogP contribution < -0.4 is 5.30 Å². The Labute approximate surface area is 131 Å². The molecule has 0 spiro atoms. The molecule has 0 aliphatic heterocycles. The Balaban J connectivity index is 1.97. The summed E-state index contributed by atoms with van der Waals surface area (Å²) in [6.45, 7) is 0. The van der Waals surface area contributed by atoms with Crippen LogP contribution in [0.5, 0.6) is 11.5 Å². The molecule has 0 heterocycles. The Hall–Kier alpha value is -2.31. The highest BCUT2D eigenvalue weighted by Crippen LogP contribution is 2.40. The van der Waals surface area contributed by atoms with Gasteiger partial charge in [-0.15, -0.1) is 0 Å². The minimum Gasteiger partial charge on any atom is -0.508 e. The molecule has 0 bridgehead atoms. The van der Waals surface area contributed by atoms with Crippen molar-refractivity contribution in [3.05, 3.63) is 90.0 Å². The molecule has 22 heavy (non-hydrogen) atoms. The van der Waals surface area contributed by atoms with Gasteiger partial charge in [0.05, 0.1) is 0 Å². The first kappa shape index (κ1) is 14.6. The van der Waals surface area contributed by atoms with Gasteiger partial charge in [0, 0.05) is 5.66 Å². The summed E-state index contributed by atoms with van der Waals surface area (Å²) in [6.07, 6.45) is 0. The largest absolute Gasteiger partial charge is 0.508 e. The van der Waals surface area contributed by atoms with Gasteiger partial charge in [-0.2, -0.15) is 0 Å². The molecule has 0 saturated carbocycles. The normalized spacial score (nSPS) is 11.3. The molecule has 0 fully saturated rings. The number of phenols is 2. The van der Waals surface area contributed by atoms with Crippen LogP contribution in [0.1, 0.15) is 16.8 Å². The van der Waals surface area contributed by atoms with Gasteiger partial charge in [-0.25, -0.2) is 0 Å². The van der Waals surface area contributed by atoms with Gasteiger partial charge < -0.3 is 10.2 Å². The van der Waals surface area contributed by atoms with Gasteiger partial charge in [0.15, 0.2) is 0 Å². The summed E-state index contributed by atoms with van der Waals surface area (Å²) in [5.41, 5.74) is 2.53. The molecule has 3 aromatic rings. The maximum Gasteiger partial charge on any atom is 0.115 e. The molecule has 0 aromatic heterocycles. The van der Waals surface area contributed by atoms with Crippen LogP contribution in [0.4, 0.5) is 0 Å². The third kappa shape index (κ3) is 3.47.